The van der Waals surface area contributed by atoms with E-state index in [2.05, 4.69) is 28.4 Å². The van der Waals surface area contributed by atoms with Crippen LogP contribution in [0.15, 0.2) is 51.9 Å². The van der Waals surface area contributed by atoms with Crippen molar-refractivity contribution < 1.29 is 8.42 Å². The number of unbranched alkanes of at least 4 members (excludes halogenated alkanes) is 1. The number of anilines is 2. The third-order valence-electron chi connectivity index (χ3n) is 3.59. The lowest BCUT2D eigenvalue weighted by molar-refractivity contribution is 0.597. The number of rotatable bonds is 4. The lowest BCUT2D eigenvalue weighted by Gasteiger charge is -2.23. The molecule has 0 spiro atoms. The van der Waals surface area contributed by atoms with Crippen molar-refractivity contribution in [2.75, 3.05) is 4.90 Å². The zero-order valence-corrected chi connectivity index (χ0v) is 13.1. The van der Waals surface area contributed by atoms with Crippen LogP contribution in [0.3, 0.4) is 0 Å². The molecule has 1 aliphatic rings. The topological polar surface area (TPSA) is 62.6 Å². The summed E-state index contributed by atoms with van der Waals surface area (Å²) in [7, 11) is -3.64. The Hall–Kier alpha value is -2.21. The van der Waals surface area contributed by atoms with E-state index in [4.69, 9.17) is 0 Å². The summed E-state index contributed by atoms with van der Waals surface area (Å²) in [5, 5.41) is 0. The van der Waals surface area contributed by atoms with Gasteiger partial charge in [0.05, 0.1) is 0 Å². The van der Waals surface area contributed by atoms with Crippen LogP contribution in [-0.4, -0.2) is 19.7 Å². The number of fused-ring (bicyclic) bond motifs is 1. The van der Waals surface area contributed by atoms with E-state index < -0.39 is 10.0 Å². The highest BCUT2D eigenvalue weighted by Gasteiger charge is 2.26. The van der Waals surface area contributed by atoms with Gasteiger partial charge in [-0.25, -0.2) is 4.98 Å². The molecule has 5 nitrogen and oxygen atoms in total. The van der Waals surface area contributed by atoms with E-state index in [1.54, 1.807) is 17.2 Å². The van der Waals surface area contributed by atoms with Crippen LogP contribution in [-0.2, 0) is 16.4 Å². The first-order valence-electron chi connectivity index (χ1n) is 7.25. The molecule has 0 radical (unpaired) electrons. The molecule has 6 heteroatoms. The Bertz CT molecular complexity index is 798. The number of hydrogen-bond acceptors (Lipinski definition) is 4. The fourth-order valence-electron chi connectivity index (χ4n) is 2.38. The average Bonchev–Trinajstić information content (AvgIpc) is 2.54. The Morgan fingerprint density at radius 1 is 1.14 bits per heavy atom. The molecule has 1 aromatic carbocycles. The summed E-state index contributed by atoms with van der Waals surface area (Å²) in [6.45, 7) is 2.17. The lowest BCUT2D eigenvalue weighted by Crippen LogP contribution is -2.23. The summed E-state index contributed by atoms with van der Waals surface area (Å²) < 4.78 is 27.6. The first-order chi connectivity index (χ1) is 10.6. The summed E-state index contributed by atoms with van der Waals surface area (Å²) in [6, 6.07) is 11.2. The summed E-state index contributed by atoms with van der Waals surface area (Å²) in [5.41, 5.74) is 2.12. The molecule has 0 saturated heterocycles. The molecular weight excluding hydrogens is 298 g/mol. The Labute approximate surface area is 130 Å². The molecular formula is C16H17N3O2S. The Balaban J connectivity index is 1.96. The molecule has 0 bridgehead atoms. The van der Waals surface area contributed by atoms with Crippen molar-refractivity contribution in [2.45, 2.75) is 31.1 Å². The SMILES string of the molecule is CCCCc1ccc(N2C=NS(=O)(=O)c3cccnc32)cc1. The summed E-state index contributed by atoms with van der Waals surface area (Å²) in [6.07, 6.45) is 6.26. The van der Waals surface area contributed by atoms with Gasteiger partial charge in [-0.1, -0.05) is 25.5 Å². The molecule has 2 heterocycles. The quantitative estimate of drug-likeness (QED) is 0.868. The number of nitrogens with zero attached hydrogens (tertiary/aromatic N) is 3. The third kappa shape index (κ3) is 2.74. The van der Waals surface area contributed by atoms with Crippen LogP contribution < -0.4 is 4.90 Å². The second-order valence-electron chi connectivity index (χ2n) is 5.16. The van der Waals surface area contributed by atoms with Crippen LogP contribution in [0.25, 0.3) is 0 Å². The van der Waals surface area contributed by atoms with Gasteiger partial charge in [0.2, 0.25) is 0 Å². The second-order valence-corrected chi connectivity index (χ2v) is 6.76. The molecule has 0 unspecified atom stereocenters. The van der Waals surface area contributed by atoms with Crippen molar-refractivity contribution in [3.8, 4) is 0 Å². The second kappa shape index (κ2) is 5.88. The number of aryl methyl sites for hydroxylation is 1. The van der Waals surface area contributed by atoms with Crippen LogP contribution in [0.4, 0.5) is 11.5 Å². The van der Waals surface area contributed by atoms with Gasteiger partial charge in [0.1, 0.15) is 11.2 Å². The summed E-state index contributed by atoms with van der Waals surface area (Å²) in [4.78, 5) is 6.03. The zero-order valence-electron chi connectivity index (χ0n) is 12.3. The van der Waals surface area contributed by atoms with Gasteiger partial charge in [-0.3, -0.25) is 4.90 Å². The molecule has 0 amide bonds. The standard InChI is InChI=1S/C16H17N3O2S/c1-2-3-5-13-7-9-14(10-8-13)19-12-18-22(20,21)15-6-4-11-17-16(15)19/h4,6-12H,2-3,5H2,1H3. The molecule has 114 valence electrons. The minimum atomic E-state index is -3.64. The first-order valence-corrected chi connectivity index (χ1v) is 8.69. The highest BCUT2D eigenvalue weighted by molar-refractivity contribution is 7.90. The van der Waals surface area contributed by atoms with Gasteiger partial charge < -0.3 is 0 Å². The fourth-order valence-corrected chi connectivity index (χ4v) is 3.34. The van der Waals surface area contributed by atoms with E-state index in [0.29, 0.717) is 5.82 Å². The van der Waals surface area contributed by atoms with Crippen LogP contribution in [0.1, 0.15) is 25.3 Å². The number of sulfonamides is 1. The van der Waals surface area contributed by atoms with Gasteiger partial charge in [-0.05, 0) is 42.7 Å². The predicted molar refractivity (Wildman–Crippen MR) is 87.1 cm³/mol. The third-order valence-corrected chi connectivity index (χ3v) is 4.84. The zero-order chi connectivity index (χ0) is 15.6. The summed E-state index contributed by atoms with van der Waals surface area (Å²) in [5.74, 6) is 0.388. The maximum Gasteiger partial charge on any atom is 0.287 e. The Morgan fingerprint density at radius 2 is 1.91 bits per heavy atom. The van der Waals surface area contributed by atoms with E-state index in [9.17, 15) is 8.42 Å². The minimum Gasteiger partial charge on any atom is -0.283 e. The van der Waals surface area contributed by atoms with Crippen LogP contribution in [0.5, 0.6) is 0 Å². The van der Waals surface area contributed by atoms with Crippen molar-refractivity contribution in [1.82, 2.24) is 4.98 Å². The monoisotopic (exact) mass is 315 g/mol. The molecule has 1 aromatic heterocycles. The van der Waals surface area contributed by atoms with Crippen LogP contribution in [0.2, 0.25) is 0 Å². The predicted octanol–water partition coefficient (Wildman–Crippen LogP) is 3.29. The van der Waals surface area contributed by atoms with Crippen molar-refractivity contribution in [3.63, 3.8) is 0 Å². The van der Waals surface area contributed by atoms with Gasteiger partial charge >= 0.3 is 0 Å². The Morgan fingerprint density at radius 3 is 2.64 bits per heavy atom. The number of benzene rings is 1. The van der Waals surface area contributed by atoms with E-state index in [0.717, 1.165) is 24.9 Å². The van der Waals surface area contributed by atoms with Crippen molar-refractivity contribution in [1.29, 1.82) is 0 Å². The van der Waals surface area contributed by atoms with E-state index >= 15 is 0 Å². The van der Waals surface area contributed by atoms with Gasteiger partial charge in [0.15, 0.2) is 5.82 Å². The number of aromatic nitrogens is 1. The van der Waals surface area contributed by atoms with Gasteiger partial charge in [0.25, 0.3) is 10.0 Å². The van der Waals surface area contributed by atoms with Crippen molar-refractivity contribution in [2.24, 2.45) is 4.40 Å². The fraction of sp³-hybridized carbons (Fsp3) is 0.250. The summed E-state index contributed by atoms with van der Waals surface area (Å²) >= 11 is 0. The van der Waals surface area contributed by atoms with Crippen LogP contribution >= 0.6 is 0 Å². The van der Waals surface area contributed by atoms with Crippen molar-refractivity contribution in [3.05, 3.63) is 48.2 Å². The normalized spacial score (nSPS) is 15.6. The molecule has 0 fully saturated rings. The van der Waals surface area contributed by atoms with Gasteiger partial charge in [0, 0.05) is 11.9 Å². The number of hydrogen-bond donors (Lipinski definition) is 0. The minimum absolute atomic E-state index is 0.132. The molecule has 1 aliphatic heterocycles. The molecule has 3 rings (SSSR count). The maximum absolute atomic E-state index is 12.0. The van der Waals surface area contributed by atoms with Crippen LogP contribution in [0, 0.1) is 0 Å². The molecule has 0 N–H and O–H groups in total. The highest BCUT2D eigenvalue weighted by atomic mass is 32.2. The average molecular weight is 315 g/mol. The highest BCUT2D eigenvalue weighted by Crippen LogP contribution is 2.32. The number of pyridine rings is 1. The molecule has 22 heavy (non-hydrogen) atoms. The van der Waals surface area contributed by atoms with Crippen molar-refractivity contribution >= 4 is 27.9 Å². The largest absolute Gasteiger partial charge is 0.287 e. The Kier molecular flexibility index (Phi) is 3.94. The molecule has 0 saturated carbocycles. The van der Waals surface area contributed by atoms with E-state index in [1.807, 2.05) is 12.1 Å². The van der Waals surface area contributed by atoms with Gasteiger partial charge in [-0.2, -0.15) is 8.42 Å². The maximum atomic E-state index is 12.0. The first kappa shape index (κ1) is 14.7. The lowest BCUT2D eigenvalue weighted by atomic mass is 10.1. The molecule has 0 aliphatic carbocycles. The smallest absolute Gasteiger partial charge is 0.283 e. The van der Waals surface area contributed by atoms with E-state index in [1.165, 1.54) is 18.0 Å². The van der Waals surface area contributed by atoms with E-state index in [-0.39, 0.29) is 4.90 Å². The molecule has 0 atom stereocenters. The van der Waals surface area contributed by atoms with Gasteiger partial charge in [-0.15, -0.1) is 4.40 Å². The molecule has 2 aromatic rings.